The molecule has 1 aliphatic rings. The van der Waals surface area contributed by atoms with Gasteiger partial charge in [0.25, 0.3) is 0 Å². The fourth-order valence-corrected chi connectivity index (χ4v) is 3.94. The van der Waals surface area contributed by atoms with Crippen LogP contribution in [0.15, 0.2) is 48.5 Å². The lowest BCUT2D eigenvalue weighted by Crippen LogP contribution is -2.49. The van der Waals surface area contributed by atoms with Crippen LogP contribution >= 0.6 is 0 Å². The van der Waals surface area contributed by atoms with E-state index in [1.165, 1.54) is 13.8 Å². The monoisotopic (exact) mass is 463 g/mol. The second-order valence-electron chi connectivity index (χ2n) is 8.98. The number of benzene rings is 2. The van der Waals surface area contributed by atoms with Crippen molar-refractivity contribution < 1.29 is 24.2 Å². The van der Waals surface area contributed by atoms with Crippen LogP contribution in [0.1, 0.15) is 50.2 Å². The Bertz CT molecular complexity index is 1060. The normalized spacial score (nSPS) is 13.2. The van der Waals surface area contributed by atoms with E-state index in [2.05, 4.69) is 10.6 Å². The molecule has 0 radical (unpaired) electrons. The average Bonchev–Trinajstić information content (AvgIpc) is 3.14. The molecule has 0 aromatic heterocycles. The highest BCUT2D eigenvalue weighted by Gasteiger charge is 2.31. The molecule has 1 atom stereocenters. The Hall–Kier alpha value is -3.86. The van der Waals surface area contributed by atoms with Crippen molar-refractivity contribution in [2.45, 2.75) is 45.1 Å². The molecule has 0 heterocycles. The Balaban J connectivity index is 1.64. The van der Waals surface area contributed by atoms with Crippen LogP contribution in [0.5, 0.6) is 0 Å². The van der Waals surface area contributed by atoms with E-state index in [0.29, 0.717) is 6.42 Å². The van der Waals surface area contributed by atoms with Gasteiger partial charge in [0, 0.05) is 18.9 Å². The highest BCUT2D eigenvalue weighted by atomic mass is 16.5. The van der Waals surface area contributed by atoms with Crippen molar-refractivity contribution in [3.63, 3.8) is 0 Å². The van der Waals surface area contributed by atoms with E-state index in [1.807, 2.05) is 54.6 Å². The highest BCUT2D eigenvalue weighted by molar-refractivity contribution is 5.86. The minimum atomic E-state index is -1.16. The second-order valence-corrected chi connectivity index (χ2v) is 8.98. The van der Waals surface area contributed by atoms with Crippen LogP contribution in [0.4, 0.5) is 4.79 Å². The van der Waals surface area contributed by atoms with E-state index < -0.39 is 29.4 Å². The Morgan fingerprint density at radius 3 is 2.24 bits per heavy atom. The van der Waals surface area contributed by atoms with Gasteiger partial charge in [-0.3, -0.25) is 9.59 Å². The zero-order valence-corrected chi connectivity index (χ0v) is 19.3. The molecule has 0 fully saturated rings. The molecule has 178 valence electrons. The number of ether oxygens (including phenoxy) is 1. The first kappa shape index (κ1) is 24.8. The number of amides is 2. The average molecular weight is 464 g/mol. The van der Waals surface area contributed by atoms with Gasteiger partial charge in [-0.15, -0.1) is 0 Å². The molecule has 3 rings (SSSR count). The zero-order chi connectivity index (χ0) is 24.7. The molecule has 34 heavy (non-hydrogen) atoms. The van der Waals surface area contributed by atoms with Crippen LogP contribution in [-0.2, 0) is 14.3 Å². The molecule has 8 nitrogen and oxygen atoms in total. The first-order chi connectivity index (χ1) is 16.2. The predicted octanol–water partition coefficient (Wildman–Crippen LogP) is 3.81. The number of aliphatic carboxylic acids is 1. The number of carboxylic acids is 1. The number of fused-ring (bicyclic) bond motifs is 3. The molecule has 0 bridgehead atoms. The largest absolute Gasteiger partial charge is 0.481 e. The van der Waals surface area contributed by atoms with E-state index in [0.717, 1.165) is 22.3 Å². The van der Waals surface area contributed by atoms with Crippen LogP contribution in [0.25, 0.3) is 11.1 Å². The summed E-state index contributed by atoms with van der Waals surface area (Å²) in [6.45, 7) is 3.01. The van der Waals surface area contributed by atoms with Crippen molar-refractivity contribution in [2.24, 2.45) is 5.41 Å². The van der Waals surface area contributed by atoms with Crippen LogP contribution in [0.3, 0.4) is 0 Å². The third-order valence-electron chi connectivity index (χ3n) is 6.02. The van der Waals surface area contributed by atoms with E-state index in [-0.39, 0.29) is 31.9 Å². The maximum atomic E-state index is 12.7. The molecular formula is C26H29N3O5. The highest BCUT2D eigenvalue weighted by Crippen LogP contribution is 2.44. The molecule has 3 N–H and O–H groups in total. The molecule has 0 spiro atoms. The van der Waals surface area contributed by atoms with Crippen LogP contribution in [0.2, 0.25) is 0 Å². The fourth-order valence-electron chi connectivity index (χ4n) is 3.94. The van der Waals surface area contributed by atoms with Gasteiger partial charge in [0.2, 0.25) is 5.91 Å². The van der Waals surface area contributed by atoms with Gasteiger partial charge >= 0.3 is 12.1 Å². The molecule has 2 aromatic carbocycles. The van der Waals surface area contributed by atoms with Gasteiger partial charge in [0.05, 0.1) is 11.5 Å². The maximum absolute atomic E-state index is 12.7. The number of unbranched alkanes of at least 4 members (excludes halogenated alkanes) is 1. The molecule has 1 unspecified atom stereocenters. The lowest BCUT2D eigenvalue weighted by Gasteiger charge is -2.23. The summed E-state index contributed by atoms with van der Waals surface area (Å²) in [5.74, 6) is -1.67. The van der Waals surface area contributed by atoms with Crippen molar-refractivity contribution in [1.29, 1.82) is 5.26 Å². The van der Waals surface area contributed by atoms with E-state index in [4.69, 9.17) is 10.00 Å². The van der Waals surface area contributed by atoms with Crippen molar-refractivity contribution in [1.82, 2.24) is 10.6 Å². The predicted molar refractivity (Wildman–Crippen MR) is 126 cm³/mol. The van der Waals surface area contributed by atoms with E-state index >= 15 is 0 Å². The standard InChI is InChI=1S/C26H29N3O5/c1-26(2,24(31)32)16-28-23(30)22(13-7-8-14-27)29-25(33)34-15-21-19-11-5-3-9-17(19)18-10-4-6-12-20(18)21/h3-6,9-12,21-22H,7-8,13,15-16H2,1-2H3,(H,28,30)(H,29,33)(H,31,32). The number of carbonyl (C=O) groups excluding carboxylic acids is 2. The van der Waals surface area contributed by atoms with Crippen molar-refractivity contribution >= 4 is 18.0 Å². The van der Waals surface area contributed by atoms with Gasteiger partial charge in [0.15, 0.2) is 0 Å². The van der Waals surface area contributed by atoms with Crippen LogP contribution in [-0.4, -0.2) is 42.3 Å². The third-order valence-corrected chi connectivity index (χ3v) is 6.02. The molecule has 2 aromatic rings. The summed E-state index contributed by atoms with van der Waals surface area (Å²) < 4.78 is 5.52. The molecule has 8 heteroatoms. The van der Waals surface area contributed by atoms with Gasteiger partial charge in [-0.1, -0.05) is 48.5 Å². The summed E-state index contributed by atoms with van der Waals surface area (Å²) in [5.41, 5.74) is 3.23. The fraction of sp³-hybridized carbons (Fsp3) is 0.385. The minimum Gasteiger partial charge on any atom is -0.481 e. The van der Waals surface area contributed by atoms with Gasteiger partial charge < -0.3 is 20.5 Å². The van der Waals surface area contributed by atoms with Crippen LogP contribution in [0, 0.1) is 16.7 Å². The summed E-state index contributed by atoms with van der Waals surface area (Å²) in [4.78, 5) is 36.6. The Morgan fingerprint density at radius 2 is 1.68 bits per heavy atom. The van der Waals surface area contributed by atoms with E-state index in [9.17, 15) is 19.5 Å². The minimum absolute atomic E-state index is 0.0950. The summed E-state index contributed by atoms with van der Waals surface area (Å²) in [7, 11) is 0. The van der Waals surface area contributed by atoms with Gasteiger partial charge in [0.1, 0.15) is 12.6 Å². The number of hydrogen-bond donors (Lipinski definition) is 3. The van der Waals surface area contributed by atoms with Gasteiger partial charge in [-0.2, -0.15) is 5.26 Å². The van der Waals surface area contributed by atoms with E-state index in [1.54, 1.807) is 0 Å². The molecular weight excluding hydrogens is 434 g/mol. The van der Waals surface area contributed by atoms with Crippen molar-refractivity contribution in [3.05, 3.63) is 59.7 Å². The summed E-state index contributed by atoms with van der Waals surface area (Å²) >= 11 is 0. The number of nitrogens with one attached hydrogen (secondary N) is 2. The summed E-state index contributed by atoms with van der Waals surface area (Å²) in [6.07, 6.45) is 0.130. The number of hydrogen-bond acceptors (Lipinski definition) is 5. The summed E-state index contributed by atoms with van der Waals surface area (Å²) in [6, 6.07) is 17.0. The van der Waals surface area contributed by atoms with Crippen LogP contribution < -0.4 is 10.6 Å². The van der Waals surface area contributed by atoms with Gasteiger partial charge in [-0.25, -0.2) is 4.79 Å². The SMILES string of the molecule is CC(C)(CNC(=O)C(CCCC#N)NC(=O)OCC1c2ccccc2-c2ccccc21)C(=O)O. The Kier molecular flexibility index (Phi) is 7.90. The first-order valence-electron chi connectivity index (χ1n) is 11.2. The molecule has 0 saturated heterocycles. The van der Waals surface area contributed by atoms with Crippen molar-refractivity contribution in [3.8, 4) is 17.2 Å². The number of carbonyl (C=O) groups is 3. The third kappa shape index (κ3) is 5.73. The second kappa shape index (κ2) is 10.8. The summed E-state index contributed by atoms with van der Waals surface area (Å²) in [5, 5.41) is 23.2. The number of carboxylic acid groups (broad SMARTS) is 1. The van der Waals surface area contributed by atoms with Gasteiger partial charge in [-0.05, 0) is 48.9 Å². The number of alkyl carbamates (subject to hydrolysis) is 1. The number of nitriles is 1. The smallest absolute Gasteiger partial charge is 0.407 e. The topological polar surface area (TPSA) is 129 Å². The molecule has 0 saturated carbocycles. The molecule has 2 amide bonds. The van der Waals surface area contributed by atoms with Crippen molar-refractivity contribution in [2.75, 3.05) is 13.2 Å². The Labute approximate surface area is 198 Å². The molecule has 0 aliphatic heterocycles. The maximum Gasteiger partial charge on any atom is 0.407 e. The lowest BCUT2D eigenvalue weighted by atomic mass is 9.93. The number of nitrogens with zero attached hydrogens (tertiary/aromatic N) is 1. The Morgan fingerprint density at radius 1 is 1.09 bits per heavy atom. The number of rotatable bonds is 10. The first-order valence-corrected chi connectivity index (χ1v) is 11.2. The zero-order valence-electron chi connectivity index (χ0n) is 19.3. The molecule has 1 aliphatic carbocycles. The lowest BCUT2D eigenvalue weighted by molar-refractivity contribution is -0.146. The quantitative estimate of drug-likeness (QED) is 0.460.